The minimum atomic E-state index is 0. The molecule has 70 valence electrons. The van der Waals surface area contributed by atoms with Crippen LogP contribution in [0.1, 0.15) is 13.8 Å². The molecule has 0 bridgehead atoms. The molecule has 1 aromatic heterocycles. The van der Waals surface area contributed by atoms with E-state index in [-0.39, 0.29) is 32.7 Å². The molecule has 14 heavy (non-hydrogen) atoms. The fourth-order valence-electron chi connectivity index (χ4n) is 1.03. The first kappa shape index (κ1) is 13.8. The molecule has 0 N–H and O–H groups in total. The van der Waals surface area contributed by atoms with E-state index >= 15 is 0 Å². The maximum Gasteiger partial charge on any atom is 3.00 e. The van der Waals surface area contributed by atoms with E-state index < -0.39 is 0 Å². The number of nitrogens with zero attached hydrogens (tertiary/aromatic N) is 2. The Kier molecular flexibility index (Phi) is 7.03. The monoisotopic (exact) mass is 263 g/mol. The molecule has 0 saturated heterocycles. The normalized spacial score (nSPS) is 8.79. The largest absolute Gasteiger partial charge is 3.00 e. The van der Waals surface area contributed by atoms with Crippen LogP contribution in [0.25, 0.3) is 11.0 Å². The number of aryl methyl sites for hydroxylation is 1. The van der Waals surface area contributed by atoms with Crippen LogP contribution in [0.4, 0.5) is 0 Å². The maximum absolute atomic E-state index is 4.15. The zero-order chi connectivity index (χ0) is 9.68. The molecule has 2 rings (SSSR count). The summed E-state index contributed by atoms with van der Waals surface area (Å²) >= 11 is 0. The van der Waals surface area contributed by atoms with Gasteiger partial charge in [0.1, 0.15) is 0 Å². The standard InChI is InChI=1S/C8H7N2.C3H7.Y/c1-10-6-9-7-4-2-3-5-8(7)10;1-3-2;/h3-6H,1H3;3H,1-2H3;/q2*-1;+3. The van der Waals surface area contributed by atoms with E-state index in [4.69, 9.17) is 0 Å². The van der Waals surface area contributed by atoms with Crippen molar-refractivity contribution in [2.75, 3.05) is 0 Å². The van der Waals surface area contributed by atoms with E-state index in [1.54, 1.807) is 6.33 Å². The predicted octanol–water partition coefficient (Wildman–Crippen LogP) is 2.60. The molecule has 0 spiro atoms. The first-order valence-corrected chi connectivity index (χ1v) is 4.30. The van der Waals surface area contributed by atoms with Crippen LogP contribution in [0.15, 0.2) is 24.5 Å². The van der Waals surface area contributed by atoms with Gasteiger partial charge in [0.05, 0.1) is 6.33 Å². The summed E-state index contributed by atoms with van der Waals surface area (Å²) in [5, 5.41) is 0. The van der Waals surface area contributed by atoms with Crippen LogP contribution in [0.2, 0.25) is 0 Å². The van der Waals surface area contributed by atoms with Crippen molar-refractivity contribution in [3.8, 4) is 0 Å². The summed E-state index contributed by atoms with van der Waals surface area (Å²) in [6.07, 6.45) is 3.80. The van der Waals surface area contributed by atoms with Crippen LogP contribution in [-0.2, 0) is 39.8 Å². The van der Waals surface area contributed by atoms with E-state index in [9.17, 15) is 0 Å². The van der Waals surface area contributed by atoms with E-state index in [1.807, 2.05) is 50.1 Å². The van der Waals surface area contributed by atoms with Gasteiger partial charge in [-0.25, -0.2) is 0 Å². The summed E-state index contributed by atoms with van der Waals surface area (Å²) < 4.78 is 1.99. The van der Waals surface area contributed by atoms with Gasteiger partial charge in [-0.2, -0.15) is 26.0 Å². The summed E-state index contributed by atoms with van der Waals surface area (Å²) in [7, 11) is 1.98. The molecule has 2 nitrogen and oxygen atoms in total. The van der Waals surface area contributed by atoms with Crippen LogP contribution < -0.4 is 0 Å². The molecule has 0 radical (unpaired) electrons. The first-order chi connectivity index (χ1) is 6.29. The average molecular weight is 263 g/mol. The number of hydrogen-bond donors (Lipinski definition) is 0. The maximum atomic E-state index is 4.15. The third kappa shape index (κ3) is 3.51. The van der Waals surface area contributed by atoms with Gasteiger partial charge in [-0.3, -0.25) is 0 Å². The van der Waals surface area contributed by atoms with Crippen molar-refractivity contribution >= 4 is 11.0 Å². The second-order valence-corrected chi connectivity index (χ2v) is 2.85. The molecule has 0 unspecified atom stereocenters. The van der Waals surface area contributed by atoms with Crippen molar-refractivity contribution in [3.63, 3.8) is 0 Å². The number of hydrogen-bond acceptors (Lipinski definition) is 1. The molecule has 1 heterocycles. The molecule has 1 aromatic carbocycles. The van der Waals surface area contributed by atoms with Crippen molar-refractivity contribution in [3.05, 3.63) is 37.0 Å². The first-order valence-electron chi connectivity index (χ1n) is 4.30. The molecular weight excluding hydrogens is 249 g/mol. The quantitative estimate of drug-likeness (QED) is 0.668. The van der Waals surface area contributed by atoms with E-state index in [0.717, 1.165) is 11.0 Å². The predicted molar refractivity (Wildman–Crippen MR) is 55.2 cm³/mol. The molecular formula is C11H14N2Y+. The SMILES string of the molecule is C[CH-]C.Cn1cnc2c[c-]ccc21.[Y+3]. The Morgan fingerprint density at radius 2 is 2.07 bits per heavy atom. The van der Waals surface area contributed by atoms with E-state index in [0.29, 0.717) is 0 Å². The number of rotatable bonds is 0. The molecule has 0 aliphatic carbocycles. The van der Waals surface area contributed by atoms with Crippen molar-refractivity contribution in [2.24, 2.45) is 7.05 Å². The minimum absolute atomic E-state index is 0. The van der Waals surface area contributed by atoms with Gasteiger partial charge in [-0.05, 0) is 11.0 Å². The number of imidazole rings is 1. The average Bonchev–Trinajstić information content (AvgIpc) is 2.50. The van der Waals surface area contributed by atoms with Crippen LogP contribution in [0.5, 0.6) is 0 Å². The van der Waals surface area contributed by atoms with Gasteiger partial charge in [-0.1, -0.05) is 0 Å². The number of aromatic nitrogens is 2. The minimum Gasteiger partial charge on any atom is -0.358 e. The Morgan fingerprint density at radius 1 is 1.43 bits per heavy atom. The fourth-order valence-corrected chi connectivity index (χ4v) is 1.03. The Labute approximate surface area is 111 Å². The van der Waals surface area contributed by atoms with Gasteiger partial charge in [-0.15, -0.1) is 12.1 Å². The van der Waals surface area contributed by atoms with E-state index in [2.05, 4.69) is 11.1 Å². The van der Waals surface area contributed by atoms with Crippen molar-refractivity contribution in [2.45, 2.75) is 13.8 Å². The topological polar surface area (TPSA) is 17.8 Å². The molecule has 0 aliphatic heterocycles. The summed E-state index contributed by atoms with van der Waals surface area (Å²) in [5.41, 5.74) is 2.16. The Bertz CT molecular complexity index is 368. The number of fused-ring (bicyclic) bond motifs is 1. The molecule has 0 fully saturated rings. The zero-order valence-electron chi connectivity index (χ0n) is 8.86. The molecule has 0 atom stereocenters. The van der Waals surface area contributed by atoms with Gasteiger partial charge >= 0.3 is 32.7 Å². The smallest absolute Gasteiger partial charge is 0.358 e. The molecule has 0 aliphatic rings. The third-order valence-corrected chi connectivity index (χ3v) is 1.57. The molecule has 3 heteroatoms. The Hall–Kier alpha value is -0.206. The zero-order valence-corrected chi connectivity index (χ0v) is 11.7. The van der Waals surface area contributed by atoms with Crippen LogP contribution in [0, 0.1) is 12.5 Å². The number of benzene rings is 1. The summed E-state index contributed by atoms with van der Waals surface area (Å²) in [6, 6.07) is 8.75. The third-order valence-electron chi connectivity index (χ3n) is 1.57. The summed E-state index contributed by atoms with van der Waals surface area (Å²) in [5.74, 6) is 0. The second kappa shape index (κ2) is 7.13. The van der Waals surface area contributed by atoms with Gasteiger partial charge < -0.3 is 16.0 Å². The van der Waals surface area contributed by atoms with Crippen LogP contribution in [-0.4, -0.2) is 9.55 Å². The summed E-state index contributed by atoms with van der Waals surface area (Å²) in [6.45, 7) is 4.00. The Morgan fingerprint density at radius 3 is 2.64 bits per heavy atom. The van der Waals surface area contributed by atoms with Crippen LogP contribution in [0.3, 0.4) is 0 Å². The van der Waals surface area contributed by atoms with E-state index in [1.165, 1.54) is 0 Å². The van der Waals surface area contributed by atoms with Gasteiger partial charge in [0.15, 0.2) is 0 Å². The van der Waals surface area contributed by atoms with Crippen molar-refractivity contribution in [1.82, 2.24) is 9.55 Å². The van der Waals surface area contributed by atoms with Crippen molar-refractivity contribution in [1.29, 1.82) is 0 Å². The second-order valence-electron chi connectivity index (χ2n) is 2.85. The molecule has 0 saturated carbocycles. The summed E-state index contributed by atoms with van der Waals surface area (Å²) in [4.78, 5) is 4.15. The Balaban J connectivity index is 0.000000381. The van der Waals surface area contributed by atoms with Gasteiger partial charge in [0.25, 0.3) is 0 Å². The van der Waals surface area contributed by atoms with Crippen molar-refractivity contribution < 1.29 is 32.7 Å². The fraction of sp³-hybridized carbons (Fsp3) is 0.273. The molecule has 2 aromatic rings. The van der Waals surface area contributed by atoms with Gasteiger partial charge in [0.2, 0.25) is 0 Å². The van der Waals surface area contributed by atoms with Crippen LogP contribution >= 0.6 is 0 Å². The van der Waals surface area contributed by atoms with Gasteiger partial charge in [0, 0.05) is 7.05 Å². The molecule has 0 amide bonds.